The Balaban J connectivity index is 0. The molecule has 0 aromatic heterocycles. The minimum atomic E-state index is -0.275. The van der Waals surface area contributed by atoms with Crippen LogP contribution in [0.1, 0.15) is 65.7 Å². The minimum absolute atomic E-state index is 0. The van der Waals surface area contributed by atoms with Gasteiger partial charge < -0.3 is 4.74 Å². The monoisotopic (exact) mass is 362 g/mol. The van der Waals surface area contributed by atoms with E-state index >= 15 is 0 Å². The van der Waals surface area contributed by atoms with Gasteiger partial charge in [0.15, 0.2) is 0 Å². The van der Waals surface area contributed by atoms with Crippen LogP contribution in [-0.2, 0) is 9.53 Å². The van der Waals surface area contributed by atoms with Crippen LogP contribution in [-0.4, -0.2) is 36.0 Å². The Morgan fingerprint density at radius 1 is 1.11 bits per heavy atom. The van der Waals surface area contributed by atoms with Crippen LogP contribution in [0.15, 0.2) is 12.7 Å². The summed E-state index contributed by atoms with van der Waals surface area (Å²) in [5, 5.41) is 0. The Morgan fingerprint density at radius 3 is 2.06 bits per heavy atom. The van der Waals surface area contributed by atoms with Gasteiger partial charge in [-0.15, -0.1) is 0 Å². The van der Waals surface area contributed by atoms with Crippen molar-refractivity contribution in [3.05, 3.63) is 12.7 Å². The topological polar surface area (TPSA) is 26.3 Å². The molecule has 18 heavy (non-hydrogen) atoms. The van der Waals surface area contributed by atoms with Crippen LogP contribution in [0.25, 0.3) is 0 Å². The van der Waals surface area contributed by atoms with Crippen molar-refractivity contribution in [2.75, 3.05) is 0 Å². The Hall–Kier alpha value is 0.00870. The van der Waals surface area contributed by atoms with Crippen LogP contribution < -0.4 is 0 Å². The van der Waals surface area contributed by atoms with Gasteiger partial charge in [0.25, 0.3) is 0 Å². The number of hydrogen-bond donors (Lipinski definition) is 0. The number of esters is 1. The van der Waals surface area contributed by atoms with Crippen LogP contribution in [0.4, 0.5) is 0 Å². The van der Waals surface area contributed by atoms with E-state index in [-0.39, 0.29) is 36.0 Å². The van der Waals surface area contributed by atoms with E-state index in [1.807, 2.05) is 0 Å². The number of carbonyl (C=O) groups is 1. The van der Waals surface area contributed by atoms with Crippen molar-refractivity contribution in [3.8, 4) is 0 Å². The number of hydrogen-bond acceptors (Lipinski definition) is 2. The van der Waals surface area contributed by atoms with Crippen molar-refractivity contribution >= 4 is 29.9 Å². The van der Waals surface area contributed by atoms with Gasteiger partial charge in [-0.1, -0.05) is 53.0 Å². The summed E-state index contributed by atoms with van der Waals surface area (Å²) in [6.45, 7) is 10.0. The summed E-state index contributed by atoms with van der Waals surface area (Å²) in [6, 6.07) is 0. The molecule has 0 aliphatic rings. The molecule has 0 saturated heterocycles. The third-order valence-corrected chi connectivity index (χ3v) is 3.12. The van der Waals surface area contributed by atoms with Crippen molar-refractivity contribution in [2.24, 2.45) is 5.92 Å². The van der Waals surface area contributed by atoms with Gasteiger partial charge in [0, 0.05) is 6.08 Å². The second kappa shape index (κ2) is 13.4. The summed E-state index contributed by atoms with van der Waals surface area (Å²) in [6.07, 6.45) is 9.21. The van der Waals surface area contributed by atoms with Crippen molar-refractivity contribution in [1.82, 2.24) is 0 Å². The number of carbonyl (C=O) groups excluding carboxylic acids is 1. The molecule has 1 unspecified atom stereocenters. The van der Waals surface area contributed by atoms with E-state index in [4.69, 9.17) is 4.74 Å². The first-order valence-corrected chi connectivity index (χ1v) is 7.02. The molecule has 0 rings (SSSR count). The van der Waals surface area contributed by atoms with Gasteiger partial charge in [-0.25, -0.2) is 4.79 Å². The third-order valence-electron chi connectivity index (χ3n) is 3.12. The van der Waals surface area contributed by atoms with Gasteiger partial charge in [-0.2, -0.15) is 0 Å². The molecule has 0 heterocycles. The molecule has 0 aliphatic carbocycles. The van der Waals surface area contributed by atoms with E-state index in [0.717, 1.165) is 44.9 Å². The summed E-state index contributed by atoms with van der Waals surface area (Å²) >= 11 is 0. The second-order valence-electron chi connectivity index (χ2n) is 4.66. The quantitative estimate of drug-likeness (QED) is 0.338. The summed E-state index contributed by atoms with van der Waals surface area (Å²) in [7, 11) is 0. The molecule has 0 spiro atoms. The van der Waals surface area contributed by atoms with E-state index in [1.54, 1.807) is 0 Å². The van der Waals surface area contributed by atoms with Crippen LogP contribution in [0.5, 0.6) is 0 Å². The molecule has 2 radical (unpaired) electrons. The van der Waals surface area contributed by atoms with E-state index in [1.165, 1.54) is 6.08 Å². The van der Waals surface area contributed by atoms with Crippen molar-refractivity contribution in [2.45, 2.75) is 71.8 Å². The Kier molecular flexibility index (Phi) is 15.2. The molecule has 0 aromatic rings. The predicted octanol–water partition coefficient (Wildman–Crippen LogP) is 3.57. The maximum absolute atomic E-state index is 11.4. The van der Waals surface area contributed by atoms with Gasteiger partial charge in [0.2, 0.25) is 0 Å². The molecule has 0 N–H and O–H groups in total. The second-order valence-corrected chi connectivity index (χ2v) is 4.66. The molecule has 0 aliphatic heterocycles. The van der Waals surface area contributed by atoms with Crippen molar-refractivity contribution < 1.29 is 9.53 Å². The van der Waals surface area contributed by atoms with E-state index < -0.39 is 0 Å². The molecule has 3 heteroatoms. The first-order valence-electron chi connectivity index (χ1n) is 7.02. The van der Waals surface area contributed by atoms with Gasteiger partial charge in [0.05, 0.1) is 0 Å². The Labute approximate surface area is 130 Å². The summed E-state index contributed by atoms with van der Waals surface area (Å²) < 4.78 is 5.51. The zero-order chi connectivity index (χ0) is 13.1. The SMILES string of the molecule is C=CC(=O)OC(CCCC)C(CCC)CCC.[SnH2]. The average Bonchev–Trinajstić information content (AvgIpc) is 2.34. The fourth-order valence-corrected chi connectivity index (χ4v) is 2.25. The Bertz CT molecular complexity index is 211. The standard InChI is InChI=1S/C15H28O2.Sn.2H/c1-5-9-12-14(17-15(16)8-4)13(10-6-2)11-7-3;;;/h8,13-14H,4-7,9-12H2,1-3H3;;;. The van der Waals surface area contributed by atoms with Crippen LogP contribution in [0.3, 0.4) is 0 Å². The van der Waals surface area contributed by atoms with Gasteiger partial charge in [-0.3, -0.25) is 0 Å². The third kappa shape index (κ3) is 9.01. The summed E-state index contributed by atoms with van der Waals surface area (Å²) in [5.74, 6) is 0.240. The molecule has 0 aromatic carbocycles. The fourth-order valence-electron chi connectivity index (χ4n) is 2.25. The first-order chi connectivity index (χ1) is 8.19. The normalized spacial score (nSPS) is 11.8. The molecular formula is C15H30O2Sn. The molecule has 0 saturated carbocycles. The molecule has 1 atom stereocenters. The van der Waals surface area contributed by atoms with Gasteiger partial charge in [-0.05, 0) is 25.2 Å². The number of unbranched alkanes of at least 4 members (excludes halogenated alkanes) is 1. The molecule has 0 bridgehead atoms. The van der Waals surface area contributed by atoms with E-state index in [0.29, 0.717) is 5.92 Å². The number of rotatable bonds is 10. The molecule has 0 amide bonds. The fraction of sp³-hybridized carbons (Fsp3) is 0.800. The van der Waals surface area contributed by atoms with E-state index in [2.05, 4.69) is 27.4 Å². The van der Waals surface area contributed by atoms with Gasteiger partial charge >= 0.3 is 29.9 Å². The zero-order valence-corrected chi connectivity index (χ0v) is 16.4. The number of ether oxygens (including phenoxy) is 1. The Morgan fingerprint density at radius 2 is 1.67 bits per heavy atom. The van der Waals surface area contributed by atoms with Crippen molar-refractivity contribution in [1.29, 1.82) is 0 Å². The molecular weight excluding hydrogens is 331 g/mol. The first kappa shape index (κ1) is 20.3. The predicted molar refractivity (Wildman–Crippen MR) is 81.5 cm³/mol. The zero-order valence-electron chi connectivity index (χ0n) is 12.4. The molecule has 2 nitrogen and oxygen atoms in total. The molecule has 0 fully saturated rings. The van der Waals surface area contributed by atoms with Crippen LogP contribution >= 0.6 is 0 Å². The molecule has 106 valence electrons. The average molecular weight is 361 g/mol. The van der Waals surface area contributed by atoms with Gasteiger partial charge in [0.1, 0.15) is 6.10 Å². The summed E-state index contributed by atoms with van der Waals surface area (Å²) in [5.41, 5.74) is 0. The summed E-state index contributed by atoms with van der Waals surface area (Å²) in [4.78, 5) is 11.4. The van der Waals surface area contributed by atoms with Crippen LogP contribution in [0, 0.1) is 5.92 Å². The maximum atomic E-state index is 11.4. The van der Waals surface area contributed by atoms with Crippen LogP contribution in [0.2, 0.25) is 0 Å². The van der Waals surface area contributed by atoms with E-state index in [9.17, 15) is 4.79 Å². The van der Waals surface area contributed by atoms with Crippen molar-refractivity contribution in [3.63, 3.8) is 0 Å².